The van der Waals surface area contributed by atoms with Gasteiger partial charge in [-0.3, -0.25) is 0 Å². The van der Waals surface area contributed by atoms with Crippen LogP contribution in [-0.2, 0) is 9.53 Å². The number of nitrogens with one attached hydrogen (secondary N) is 2. The molecule has 0 aliphatic heterocycles. The second kappa shape index (κ2) is 8.56. The zero-order valence-corrected chi connectivity index (χ0v) is 16.1. The highest BCUT2D eigenvalue weighted by Gasteiger charge is 2.22. The quantitative estimate of drug-likeness (QED) is 0.624. The third-order valence-electron chi connectivity index (χ3n) is 4.16. The van der Waals surface area contributed by atoms with Crippen LogP contribution in [0.5, 0.6) is 0 Å². The van der Waals surface area contributed by atoms with Gasteiger partial charge in [-0.25, -0.2) is 14.6 Å². The van der Waals surface area contributed by atoms with E-state index in [4.69, 9.17) is 9.15 Å². The predicted octanol–water partition coefficient (Wildman–Crippen LogP) is 4.20. The highest BCUT2D eigenvalue weighted by molar-refractivity contribution is 5.93. The molecule has 0 saturated heterocycles. The van der Waals surface area contributed by atoms with Crippen LogP contribution >= 0.6 is 0 Å². The first-order valence-corrected chi connectivity index (χ1v) is 9.07. The molecule has 28 heavy (non-hydrogen) atoms. The maximum atomic E-state index is 12.3. The van der Waals surface area contributed by atoms with Crippen LogP contribution in [0.4, 0.5) is 10.5 Å². The standard InChI is InChI=1S/C21H23N3O4/c1-13(2)11-17(20(25)27-3)24-21(26)22-15-8-6-7-14(12-15)19-23-16-9-4-5-10-18(16)28-19/h4-10,12-13,17H,11H2,1-3H3,(H2,22,24,26)/t17-/m0/s1. The van der Waals surface area contributed by atoms with Crippen LogP contribution in [0.2, 0.25) is 0 Å². The van der Waals surface area contributed by atoms with Crippen molar-refractivity contribution in [3.8, 4) is 11.5 Å². The summed E-state index contributed by atoms with van der Waals surface area (Å²) in [6.45, 7) is 3.94. The van der Waals surface area contributed by atoms with Crippen LogP contribution < -0.4 is 10.6 Å². The minimum atomic E-state index is -0.703. The Morgan fingerprint density at radius 3 is 2.64 bits per heavy atom. The molecule has 2 N–H and O–H groups in total. The summed E-state index contributed by atoms with van der Waals surface area (Å²) in [4.78, 5) is 28.7. The van der Waals surface area contributed by atoms with Crippen molar-refractivity contribution in [2.75, 3.05) is 12.4 Å². The van der Waals surface area contributed by atoms with Crippen LogP contribution in [0.3, 0.4) is 0 Å². The number of amides is 2. The predicted molar refractivity (Wildman–Crippen MR) is 107 cm³/mol. The van der Waals surface area contributed by atoms with Crippen LogP contribution in [0.1, 0.15) is 20.3 Å². The summed E-state index contributed by atoms with van der Waals surface area (Å²) in [6.07, 6.45) is 0.489. The number of fused-ring (bicyclic) bond motifs is 1. The van der Waals surface area contributed by atoms with Crippen molar-refractivity contribution >= 4 is 28.8 Å². The molecule has 7 nitrogen and oxygen atoms in total. The molecule has 0 aliphatic rings. The first kappa shape index (κ1) is 19.4. The number of nitrogens with zero attached hydrogens (tertiary/aromatic N) is 1. The Hall–Kier alpha value is -3.35. The zero-order chi connectivity index (χ0) is 20.1. The number of urea groups is 1. The highest BCUT2D eigenvalue weighted by Crippen LogP contribution is 2.26. The fourth-order valence-electron chi connectivity index (χ4n) is 2.88. The summed E-state index contributed by atoms with van der Waals surface area (Å²) in [7, 11) is 1.30. The SMILES string of the molecule is COC(=O)[C@H](CC(C)C)NC(=O)Nc1cccc(-c2nc3ccccc3o2)c1. The van der Waals surface area contributed by atoms with E-state index in [0.29, 0.717) is 23.6 Å². The second-order valence-electron chi connectivity index (χ2n) is 6.87. The smallest absolute Gasteiger partial charge is 0.328 e. The molecular weight excluding hydrogens is 358 g/mol. The largest absolute Gasteiger partial charge is 0.467 e. The Morgan fingerprint density at radius 1 is 1.14 bits per heavy atom. The molecule has 0 radical (unpaired) electrons. The van der Waals surface area contributed by atoms with E-state index in [1.54, 1.807) is 18.2 Å². The lowest BCUT2D eigenvalue weighted by Gasteiger charge is -2.18. The number of ether oxygens (including phenoxy) is 1. The first-order valence-electron chi connectivity index (χ1n) is 9.07. The summed E-state index contributed by atoms with van der Waals surface area (Å²) in [6, 6.07) is 13.5. The van der Waals surface area contributed by atoms with E-state index in [0.717, 1.165) is 11.1 Å². The van der Waals surface area contributed by atoms with Crippen molar-refractivity contribution in [2.24, 2.45) is 5.92 Å². The van der Waals surface area contributed by atoms with Crippen LogP contribution in [0.25, 0.3) is 22.6 Å². The van der Waals surface area contributed by atoms with Gasteiger partial charge in [-0.05, 0) is 42.7 Å². The van der Waals surface area contributed by atoms with Gasteiger partial charge in [-0.1, -0.05) is 32.0 Å². The molecule has 3 rings (SSSR count). The molecule has 2 amide bonds. The topological polar surface area (TPSA) is 93.5 Å². The van der Waals surface area contributed by atoms with Gasteiger partial charge in [0.25, 0.3) is 0 Å². The second-order valence-corrected chi connectivity index (χ2v) is 6.87. The number of methoxy groups -OCH3 is 1. The van der Waals surface area contributed by atoms with Crippen LogP contribution in [0, 0.1) is 5.92 Å². The maximum Gasteiger partial charge on any atom is 0.328 e. The minimum absolute atomic E-state index is 0.229. The molecule has 3 aromatic rings. The number of aromatic nitrogens is 1. The van der Waals surface area contributed by atoms with Gasteiger partial charge in [-0.2, -0.15) is 0 Å². The number of anilines is 1. The van der Waals surface area contributed by atoms with E-state index in [1.165, 1.54) is 7.11 Å². The lowest BCUT2D eigenvalue weighted by atomic mass is 10.0. The molecule has 0 aliphatic carbocycles. The number of rotatable bonds is 6. The number of hydrogen-bond donors (Lipinski definition) is 2. The monoisotopic (exact) mass is 381 g/mol. The fraction of sp³-hybridized carbons (Fsp3) is 0.286. The average molecular weight is 381 g/mol. The Morgan fingerprint density at radius 2 is 1.93 bits per heavy atom. The van der Waals surface area contributed by atoms with Crippen molar-refractivity contribution in [3.63, 3.8) is 0 Å². The van der Waals surface area contributed by atoms with Gasteiger partial charge in [-0.15, -0.1) is 0 Å². The van der Waals surface area contributed by atoms with Gasteiger partial charge >= 0.3 is 12.0 Å². The Labute approximate surface area is 163 Å². The van der Waals surface area contributed by atoms with Gasteiger partial charge in [0.2, 0.25) is 5.89 Å². The van der Waals surface area contributed by atoms with Crippen LogP contribution in [-0.4, -0.2) is 30.1 Å². The third kappa shape index (κ3) is 4.68. The number of carbonyl (C=O) groups excluding carboxylic acids is 2. The lowest BCUT2D eigenvalue weighted by Crippen LogP contribution is -2.44. The molecule has 0 fully saturated rings. The van der Waals surface area contributed by atoms with Crippen molar-refractivity contribution in [1.82, 2.24) is 10.3 Å². The molecule has 1 heterocycles. The number of carbonyl (C=O) groups is 2. The number of oxazole rings is 1. The van der Waals surface area contributed by atoms with E-state index >= 15 is 0 Å². The van der Waals surface area contributed by atoms with Crippen molar-refractivity contribution in [3.05, 3.63) is 48.5 Å². The highest BCUT2D eigenvalue weighted by atomic mass is 16.5. The van der Waals surface area contributed by atoms with Gasteiger partial charge in [0, 0.05) is 11.3 Å². The molecule has 0 saturated carbocycles. The lowest BCUT2D eigenvalue weighted by molar-refractivity contribution is -0.143. The maximum absolute atomic E-state index is 12.3. The fourth-order valence-corrected chi connectivity index (χ4v) is 2.88. The molecule has 146 valence electrons. The van der Waals surface area contributed by atoms with E-state index in [-0.39, 0.29) is 5.92 Å². The van der Waals surface area contributed by atoms with Gasteiger partial charge in [0.05, 0.1) is 7.11 Å². The number of esters is 1. The zero-order valence-electron chi connectivity index (χ0n) is 16.1. The molecule has 0 bridgehead atoms. The summed E-state index contributed by atoms with van der Waals surface area (Å²) < 4.78 is 10.5. The van der Waals surface area contributed by atoms with Gasteiger partial charge < -0.3 is 19.8 Å². The molecule has 1 aromatic heterocycles. The Balaban J connectivity index is 1.73. The normalized spacial score (nSPS) is 12.0. The molecule has 2 aromatic carbocycles. The van der Waals surface area contributed by atoms with E-state index in [2.05, 4.69) is 15.6 Å². The summed E-state index contributed by atoms with van der Waals surface area (Å²) in [5, 5.41) is 5.41. The third-order valence-corrected chi connectivity index (χ3v) is 4.16. The number of para-hydroxylation sites is 2. The first-order chi connectivity index (χ1) is 13.5. The van der Waals surface area contributed by atoms with Crippen molar-refractivity contribution in [1.29, 1.82) is 0 Å². The molecular formula is C21H23N3O4. The minimum Gasteiger partial charge on any atom is -0.467 e. The van der Waals surface area contributed by atoms with Crippen LogP contribution in [0.15, 0.2) is 52.9 Å². The molecule has 0 unspecified atom stereocenters. The van der Waals surface area contributed by atoms with Crippen molar-refractivity contribution in [2.45, 2.75) is 26.3 Å². The molecule has 0 spiro atoms. The Bertz CT molecular complexity index is 947. The Kier molecular flexibility index (Phi) is 5.93. The summed E-state index contributed by atoms with van der Waals surface area (Å²) in [5.74, 6) is 0.230. The average Bonchev–Trinajstić information content (AvgIpc) is 3.11. The molecule has 1 atom stereocenters. The summed E-state index contributed by atoms with van der Waals surface area (Å²) >= 11 is 0. The van der Waals surface area contributed by atoms with E-state index < -0.39 is 18.0 Å². The van der Waals surface area contributed by atoms with E-state index in [9.17, 15) is 9.59 Å². The number of hydrogen-bond acceptors (Lipinski definition) is 5. The van der Waals surface area contributed by atoms with Crippen molar-refractivity contribution < 1.29 is 18.7 Å². The number of benzene rings is 2. The summed E-state index contributed by atoms with van der Waals surface area (Å²) in [5.41, 5.74) is 2.76. The van der Waals surface area contributed by atoms with Gasteiger partial charge in [0.1, 0.15) is 11.6 Å². The van der Waals surface area contributed by atoms with Gasteiger partial charge in [0.15, 0.2) is 5.58 Å². The van der Waals surface area contributed by atoms with E-state index in [1.807, 2.05) is 44.2 Å². The molecule has 7 heteroatoms.